The predicted octanol–water partition coefficient (Wildman–Crippen LogP) is 1.47. The van der Waals surface area contributed by atoms with E-state index >= 15 is 0 Å². The van der Waals surface area contributed by atoms with Crippen molar-refractivity contribution in [3.05, 3.63) is 10.8 Å². The minimum atomic E-state index is 0.231. The van der Waals surface area contributed by atoms with Gasteiger partial charge in [-0.3, -0.25) is 0 Å². The van der Waals surface area contributed by atoms with Crippen molar-refractivity contribution in [2.45, 2.75) is 12.8 Å². The molecule has 1 aromatic heterocycles. The van der Waals surface area contributed by atoms with E-state index in [0.29, 0.717) is 0 Å². The Kier molecular flexibility index (Phi) is 5.34. The molecule has 6 heteroatoms. The highest BCUT2D eigenvalue weighted by atomic mass is 79.9. The highest BCUT2D eigenvalue weighted by molar-refractivity contribution is 9.10. The maximum Gasteiger partial charge on any atom is 0.145 e. The molecular formula is C9H15BrN4O. The van der Waals surface area contributed by atoms with Gasteiger partial charge in [-0.25, -0.2) is 9.97 Å². The van der Waals surface area contributed by atoms with Crippen LogP contribution in [0.25, 0.3) is 0 Å². The van der Waals surface area contributed by atoms with Crippen LogP contribution in [0.1, 0.15) is 12.8 Å². The minimum Gasteiger partial charge on any atom is -0.396 e. The second-order valence-corrected chi connectivity index (χ2v) is 3.79. The van der Waals surface area contributed by atoms with E-state index in [1.54, 1.807) is 0 Å². The average Bonchev–Trinajstić information content (AvgIpc) is 2.26. The van der Waals surface area contributed by atoms with Crippen LogP contribution >= 0.6 is 15.9 Å². The van der Waals surface area contributed by atoms with Gasteiger partial charge in [-0.15, -0.1) is 0 Å². The Labute approximate surface area is 97.5 Å². The van der Waals surface area contributed by atoms with Crippen LogP contribution in [0.2, 0.25) is 0 Å². The lowest BCUT2D eigenvalue weighted by Crippen LogP contribution is -2.06. The van der Waals surface area contributed by atoms with E-state index in [4.69, 9.17) is 5.11 Å². The molecular weight excluding hydrogens is 260 g/mol. The lowest BCUT2D eigenvalue weighted by Gasteiger charge is -2.09. The molecule has 15 heavy (non-hydrogen) atoms. The summed E-state index contributed by atoms with van der Waals surface area (Å²) < 4.78 is 0.830. The Morgan fingerprint density at radius 3 is 2.73 bits per heavy atom. The van der Waals surface area contributed by atoms with E-state index in [9.17, 15) is 0 Å². The molecule has 84 valence electrons. The lowest BCUT2D eigenvalue weighted by molar-refractivity contribution is 0.286. The summed E-state index contributed by atoms with van der Waals surface area (Å²) in [5, 5.41) is 14.8. The molecule has 0 amide bonds. The van der Waals surface area contributed by atoms with E-state index in [1.807, 2.05) is 7.05 Å². The first-order valence-corrected chi connectivity index (χ1v) is 5.62. The third-order valence-corrected chi connectivity index (χ3v) is 2.65. The third kappa shape index (κ3) is 3.64. The fourth-order valence-corrected chi connectivity index (χ4v) is 1.65. The summed E-state index contributed by atoms with van der Waals surface area (Å²) in [6, 6.07) is 0. The standard InChI is InChI=1S/C9H15BrN4O/c1-11-8-7(10)9(14-6-13-8)12-4-2-3-5-15/h6,15H,2-5H2,1H3,(H2,11,12,13,14). The summed E-state index contributed by atoms with van der Waals surface area (Å²) in [7, 11) is 1.81. The molecule has 1 heterocycles. The number of nitrogens with one attached hydrogen (secondary N) is 2. The van der Waals surface area contributed by atoms with Crippen LogP contribution < -0.4 is 10.6 Å². The lowest BCUT2D eigenvalue weighted by atomic mass is 10.3. The van der Waals surface area contributed by atoms with Gasteiger partial charge in [0.15, 0.2) is 0 Å². The molecule has 0 radical (unpaired) electrons. The van der Waals surface area contributed by atoms with Gasteiger partial charge in [0.1, 0.15) is 22.4 Å². The van der Waals surface area contributed by atoms with E-state index in [1.165, 1.54) is 6.33 Å². The number of halogens is 1. The number of hydrogen-bond acceptors (Lipinski definition) is 5. The second-order valence-electron chi connectivity index (χ2n) is 2.99. The summed E-state index contributed by atoms with van der Waals surface area (Å²) in [6.07, 6.45) is 3.22. The van der Waals surface area contributed by atoms with Crippen molar-refractivity contribution in [1.29, 1.82) is 0 Å². The van der Waals surface area contributed by atoms with Crippen LogP contribution in [0, 0.1) is 0 Å². The van der Waals surface area contributed by atoms with Crippen molar-refractivity contribution in [3.63, 3.8) is 0 Å². The van der Waals surface area contributed by atoms with Crippen LogP contribution in [0.5, 0.6) is 0 Å². The molecule has 3 N–H and O–H groups in total. The number of rotatable bonds is 6. The topological polar surface area (TPSA) is 70.1 Å². The number of unbranched alkanes of at least 4 members (excludes halogenated alkanes) is 1. The first-order valence-electron chi connectivity index (χ1n) is 4.82. The quantitative estimate of drug-likeness (QED) is 0.686. The average molecular weight is 275 g/mol. The second kappa shape index (κ2) is 6.58. The van der Waals surface area contributed by atoms with Gasteiger partial charge in [0.05, 0.1) is 0 Å². The fourth-order valence-electron chi connectivity index (χ4n) is 1.11. The molecule has 0 aliphatic carbocycles. The van der Waals surface area contributed by atoms with Gasteiger partial charge >= 0.3 is 0 Å². The minimum absolute atomic E-state index is 0.231. The van der Waals surface area contributed by atoms with Crippen molar-refractivity contribution >= 4 is 27.6 Å². The molecule has 0 saturated heterocycles. The fraction of sp³-hybridized carbons (Fsp3) is 0.556. The first-order chi connectivity index (χ1) is 7.29. The van der Waals surface area contributed by atoms with Crippen LogP contribution in [-0.2, 0) is 0 Å². The van der Waals surface area contributed by atoms with Crippen LogP contribution in [0.3, 0.4) is 0 Å². The van der Waals surface area contributed by atoms with Crippen LogP contribution in [0.4, 0.5) is 11.6 Å². The molecule has 0 unspecified atom stereocenters. The molecule has 0 aliphatic heterocycles. The van der Waals surface area contributed by atoms with Gasteiger partial charge < -0.3 is 15.7 Å². The molecule has 0 atom stereocenters. The number of aromatic nitrogens is 2. The number of aliphatic hydroxyl groups is 1. The Morgan fingerprint density at radius 1 is 1.33 bits per heavy atom. The van der Waals surface area contributed by atoms with Gasteiger partial charge in [-0.2, -0.15) is 0 Å². The monoisotopic (exact) mass is 274 g/mol. The summed E-state index contributed by atoms with van der Waals surface area (Å²) in [6.45, 7) is 1.02. The number of nitrogens with zero attached hydrogens (tertiary/aromatic N) is 2. The molecule has 1 aromatic rings. The molecule has 0 fully saturated rings. The van der Waals surface area contributed by atoms with Gasteiger partial charge in [0.25, 0.3) is 0 Å². The smallest absolute Gasteiger partial charge is 0.145 e. The molecule has 0 spiro atoms. The largest absolute Gasteiger partial charge is 0.396 e. The van der Waals surface area contributed by atoms with Gasteiger partial charge in [-0.1, -0.05) is 0 Å². The molecule has 0 aromatic carbocycles. The van der Waals surface area contributed by atoms with Crippen molar-refractivity contribution in [3.8, 4) is 0 Å². The highest BCUT2D eigenvalue weighted by Gasteiger charge is 2.05. The molecule has 1 rings (SSSR count). The first kappa shape index (κ1) is 12.2. The van der Waals surface area contributed by atoms with Gasteiger partial charge in [-0.05, 0) is 28.8 Å². The summed E-state index contributed by atoms with van der Waals surface area (Å²) in [5.41, 5.74) is 0. The number of hydrogen-bond donors (Lipinski definition) is 3. The van der Waals surface area contributed by atoms with Gasteiger partial charge in [0, 0.05) is 20.2 Å². The van der Waals surface area contributed by atoms with Crippen molar-refractivity contribution in [2.75, 3.05) is 30.8 Å². The van der Waals surface area contributed by atoms with E-state index < -0.39 is 0 Å². The van der Waals surface area contributed by atoms with Crippen LogP contribution in [-0.4, -0.2) is 35.3 Å². The SMILES string of the molecule is CNc1ncnc(NCCCCO)c1Br. The van der Waals surface area contributed by atoms with Crippen LogP contribution in [0.15, 0.2) is 10.8 Å². The molecule has 0 aliphatic rings. The van der Waals surface area contributed by atoms with E-state index in [-0.39, 0.29) is 6.61 Å². The molecule has 0 bridgehead atoms. The predicted molar refractivity (Wildman–Crippen MR) is 64.1 cm³/mol. The number of anilines is 2. The zero-order valence-corrected chi connectivity index (χ0v) is 10.2. The zero-order valence-electron chi connectivity index (χ0n) is 8.63. The van der Waals surface area contributed by atoms with Crippen molar-refractivity contribution in [1.82, 2.24) is 9.97 Å². The summed E-state index contributed by atoms with van der Waals surface area (Å²) in [4.78, 5) is 8.17. The summed E-state index contributed by atoms with van der Waals surface area (Å²) >= 11 is 3.41. The Hall–Kier alpha value is -0.880. The zero-order chi connectivity index (χ0) is 11.1. The normalized spacial score (nSPS) is 10.1. The Balaban J connectivity index is 2.53. The van der Waals surface area contributed by atoms with Crippen molar-refractivity contribution in [2.24, 2.45) is 0 Å². The third-order valence-electron chi connectivity index (χ3n) is 1.90. The maximum absolute atomic E-state index is 8.63. The molecule has 5 nitrogen and oxygen atoms in total. The number of aliphatic hydroxyl groups excluding tert-OH is 1. The van der Waals surface area contributed by atoms with Gasteiger partial charge in [0.2, 0.25) is 0 Å². The van der Waals surface area contributed by atoms with Crippen molar-refractivity contribution < 1.29 is 5.11 Å². The summed E-state index contributed by atoms with van der Waals surface area (Å²) in [5.74, 6) is 1.53. The Morgan fingerprint density at radius 2 is 2.07 bits per heavy atom. The highest BCUT2D eigenvalue weighted by Crippen LogP contribution is 2.25. The maximum atomic E-state index is 8.63. The Bertz CT molecular complexity index is 308. The van der Waals surface area contributed by atoms with E-state index in [2.05, 4.69) is 36.5 Å². The van der Waals surface area contributed by atoms with E-state index in [0.717, 1.165) is 35.5 Å². The molecule has 0 saturated carbocycles.